The van der Waals surface area contributed by atoms with Crippen molar-refractivity contribution in [2.75, 3.05) is 0 Å². The zero-order chi connectivity index (χ0) is 33.3. The maximum atomic E-state index is 5.21. The van der Waals surface area contributed by atoms with Crippen LogP contribution in [0.5, 0.6) is 0 Å². The lowest BCUT2D eigenvalue weighted by atomic mass is 9.94. The van der Waals surface area contributed by atoms with Crippen molar-refractivity contribution >= 4 is 21.7 Å². The second-order valence-electron chi connectivity index (χ2n) is 12.2. The molecule has 0 N–H and O–H groups in total. The predicted octanol–water partition coefficient (Wildman–Crippen LogP) is 11.0. The molecule has 4 aromatic heterocycles. The fourth-order valence-corrected chi connectivity index (χ4v) is 6.54. The van der Waals surface area contributed by atoms with Gasteiger partial charge in [-0.1, -0.05) is 115 Å². The van der Waals surface area contributed by atoms with E-state index in [2.05, 4.69) is 131 Å². The van der Waals surface area contributed by atoms with E-state index >= 15 is 0 Å². The van der Waals surface area contributed by atoms with E-state index in [1.165, 1.54) is 27.3 Å². The van der Waals surface area contributed by atoms with Crippen molar-refractivity contribution in [2.45, 2.75) is 0 Å². The number of fused-ring (bicyclic) bond motifs is 3. The van der Waals surface area contributed by atoms with Crippen LogP contribution in [0.1, 0.15) is 0 Å². The number of benzene rings is 5. The topological polar surface area (TPSA) is 64.5 Å². The molecule has 0 saturated heterocycles. The summed E-state index contributed by atoms with van der Waals surface area (Å²) in [7, 11) is 0. The molecule has 0 aliphatic rings. The van der Waals surface area contributed by atoms with Crippen molar-refractivity contribution in [1.29, 1.82) is 0 Å². The first-order valence-corrected chi connectivity index (χ1v) is 16.6. The van der Waals surface area contributed by atoms with E-state index in [1.807, 2.05) is 42.5 Å². The molecule has 5 heteroatoms. The molecule has 0 amide bonds. The molecule has 0 bridgehead atoms. The summed E-state index contributed by atoms with van der Waals surface area (Å²) in [6.07, 6.45) is 3.53. The zero-order valence-corrected chi connectivity index (χ0v) is 27.0. The van der Waals surface area contributed by atoms with Gasteiger partial charge in [0.25, 0.3) is 0 Å². The van der Waals surface area contributed by atoms with Gasteiger partial charge in [0.1, 0.15) is 5.69 Å². The largest absolute Gasteiger partial charge is 0.255 e. The molecule has 0 fully saturated rings. The van der Waals surface area contributed by atoms with Gasteiger partial charge in [-0.15, -0.1) is 0 Å². The second-order valence-corrected chi connectivity index (χ2v) is 12.2. The van der Waals surface area contributed by atoms with Crippen LogP contribution < -0.4 is 0 Å². The molecule has 0 saturated carbocycles. The summed E-state index contributed by atoms with van der Waals surface area (Å²) in [5, 5.41) is 3.59. The first kappa shape index (κ1) is 29.3. The van der Waals surface area contributed by atoms with Crippen LogP contribution >= 0.6 is 0 Å². The summed E-state index contributed by atoms with van der Waals surface area (Å²) >= 11 is 0. The molecule has 9 aromatic rings. The molecule has 0 unspecified atom stereocenters. The molecule has 50 heavy (non-hydrogen) atoms. The number of hydrogen-bond donors (Lipinski definition) is 0. The van der Waals surface area contributed by atoms with Crippen molar-refractivity contribution in [2.24, 2.45) is 0 Å². The van der Waals surface area contributed by atoms with Crippen LogP contribution in [0.3, 0.4) is 0 Å². The fourth-order valence-electron chi connectivity index (χ4n) is 6.54. The molecule has 0 atom stereocenters. The van der Waals surface area contributed by atoms with E-state index in [0.29, 0.717) is 11.5 Å². The molecule has 0 aliphatic heterocycles. The second kappa shape index (κ2) is 12.6. The van der Waals surface area contributed by atoms with E-state index in [1.54, 1.807) is 12.4 Å². The highest BCUT2D eigenvalue weighted by atomic mass is 14.9. The summed E-state index contributed by atoms with van der Waals surface area (Å²) in [5.74, 6) is 0.561. The van der Waals surface area contributed by atoms with E-state index in [-0.39, 0.29) is 0 Å². The van der Waals surface area contributed by atoms with Crippen LogP contribution in [-0.2, 0) is 0 Å². The van der Waals surface area contributed by atoms with Crippen molar-refractivity contribution in [1.82, 2.24) is 24.9 Å². The van der Waals surface area contributed by atoms with Gasteiger partial charge in [0, 0.05) is 28.9 Å². The molecule has 0 aliphatic carbocycles. The molecule has 9 rings (SSSR count). The minimum atomic E-state index is 0.561. The van der Waals surface area contributed by atoms with Crippen LogP contribution in [0.25, 0.3) is 89.4 Å². The maximum absolute atomic E-state index is 5.21. The molecule has 0 spiro atoms. The number of rotatable bonds is 6. The summed E-state index contributed by atoms with van der Waals surface area (Å²) in [6, 6.07) is 56.4. The minimum Gasteiger partial charge on any atom is -0.255 e. The summed E-state index contributed by atoms with van der Waals surface area (Å²) in [5.41, 5.74) is 11.6. The Morgan fingerprint density at radius 3 is 1.80 bits per heavy atom. The van der Waals surface area contributed by atoms with E-state index in [4.69, 9.17) is 15.0 Å². The smallest absolute Gasteiger partial charge is 0.179 e. The fraction of sp³-hybridized carbons (Fsp3) is 0. The molecule has 0 radical (unpaired) electrons. The Bertz CT molecular complexity index is 2560. The van der Waals surface area contributed by atoms with Crippen molar-refractivity contribution < 1.29 is 0 Å². The predicted molar refractivity (Wildman–Crippen MR) is 203 cm³/mol. The number of pyridine rings is 3. The normalized spacial score (nSPS) is 11.2. The Hall–Kier alpha value is -6.85. The molecular formula is C45H29N5. The third-order valence-corrected chi connectivity index (χ3v) is 9.00. The maximum Gasteiger partial charge on any atom is 0.179 e. The number of aromatic nitrogens is 5. The van der Waals surface area contributed by atoms with Crippen LogP contribution in [0.15, 0.2) is 176 Å². The molecule has 4 heterocycles. The highest BCUT2D eigenvalue weighted by Gasteiger charge is 2.15. The van der Waals surface area contributed by atoms with Gasteiger partial charge in [0.05, 0.1) is 28.3 Å². The highest BCUT2D eigenvalue weighted by molar-refractivity contribution is 6.13. The first-order valence-electron chi connectivity index (χ1n) is 16.6. The monoisotopic (exact) mass is 639 g/mol. The van der Waals surface area contributed by atoms with Gasteiger partial charge in [-0.25, -0.2) is 15.0 Å². The van der Waals surface area contributed by atoms with Gasteiger partial charge >= 0.3 is 0 Å². The Morgan fingerprint density at radius 1 is 0.340 bits per heavy atom. The van der Waals surface area contributed by atoms with E-state index in [0.717, 1.165) is 50.5 Å². The highest BCUT2D eigenvalue weighted by Crippen LogP contribution is 2.37. The number of hydrogen-bond acceptors (Lipinski definition) is 5. The summed E-state index contributed by atoms with van der Waals surface area (Å²) < 4.78 is 0. The molecular weight excluding hydrogens is 611 g/mol. The van der Waals surface area contributed by atoms with Crippen molar-refractivity contribution in [3.05, 3.63) is 176 Å². The van der Waals surface area contributed by atoms with Crippen LogP contribution in [0.4, 0.5) is 0 Å². The van der Waals surface area contributed by atoms with Crippen LogP contribution in [0, 0.1) is 0 Å². The standard InChI is InChI=1S/C45H29N5/c1-2-11-31(12-3-1)37-28-41(48-39-24-23-32-13-4-5-16-36(32)44(37)39)35-15-10-14-34(27-35)30-19-21-33(22-20-30)42-29-43(38-17-6-8-25-46-38)50-45(49-42)40-18-7-9-26-47-40/h1-29H. The van der Waals surface area contributed by atoms with Gasteiger partial charge in [-0.2, -0.15) is 0 Å². The number of nitrogens with zero attached hydrogens (tertiary/aromatic N) is 5. The van der Waals surface area contributed by atoms with Crippen molar-refractivity contribution in [3.63, 3.8) is 0 Å². The van der Waals surface area contributed by atoms with Gasteiger partial charge in [0.2, 0.25) is 0 Å². The zero-order valence-electron chi connectivity index (χ0n) is 27.0. The summed E-state index contributed by atoms with van der Waals surface area (Å²) in [4.78, 5) is 24.0. The van der Waals surface area contributed by atoms with Crippen molar-refractivity contribution in [3.8, 4) is 67.7 Å². The van der Waals surface area contributed by atoms with Gasteiger partial charge < -0.3 is 0 Å². The molecule has 5 nitrogen and oxygen atoms in total. The molecule has 234 valence electrons. The lowest BCUT2D eigenvalue weighted by molar-refractivity contribution is 1.13. The molecule has 5 aromatic carbocycles. The lowest BCUT2D eigenvalue weighted by Gasteiger charge is -2.14. The Morgan fingerprint density at radius 2 is 1.00 bits per heavy atom. The minimum absolute atomic E-state index is 0.561. The van der Waals surface area contributed by atoms with Gasteiger partial charge in [-0.05, 0) is 81.6 Å². The Labute approximate surface area is 289 Å². The Kier molecular flexibility index (Phi) is 7.41. The lowest BCUT2D eigenvalue weighted by Crippen LogP contribution is -1.97. The van der Waals surface area contributed by atoms with Crippen LogP contribution in [-0.4, -0.2) is 24.9 Å². The van der Waals surface area contributed by atoms with Gasteiger partial charge in [-0.3, -0.25) is 9.97 Å². The third kappa shape index (κ3) is 5.57. The third-order valence-electron chi connectivity index (χ3n) is 9.00. The average Bonchev–Trinajstić information content (AvgIpc) is 3.21. The van der Waals surface area contributed by atoms with E-state index < -0.39 is 0 Å². The van der Waals surface area contributed by atoms with Gasteiger partial charge in [0.15, 0.2) is 5.82 Å². The quantitative estimate of drug-likeness (QED) is 0.169. The SMILES string of the molecule is c1ccc(-c2cc(-c3cccc(-c4ccc(-c5cc(-c6ccccn6)nc(-c6ccccn6)n5)cc4)c3)nc3ccc4ccccc4c23)cc1. The van der Waals surface area contributed by atoms with E-state index in [9.17, 15) is 0 Å². The average molecular weight is 640 g/mol. The first-order chi connectivity index (χ1) is 24.8. The summed E-state index contributed by atoms with van der Waals surface area (Å²) in [6.45, 7) is 0. The van der Waals surface area contributed by atoms with Crippen LogP contribution in [0.2, 0.25) is 0 Å². The Balaban J connectivity index is 1.10.